The first-order valence-electron chi connectivity index (χ1n) is 20.8. The Morgan fingerprint density at radius 2 is 0.742 bits per heavy atom. The lowest BCUT2D eigenvalue weighted by Gasteiger charge is -2.12. The molecule has 62 heavy (non-hydrogen) atoms. The first-order valence-corrected chi connectivity index (χ1v) is 21.2. The summed E-state index contributed by atoms with van der Waals surface area (Å²) in [4.78, 5) is 18.6. The minimum Gasteiger partial charge on any atom is -0.354 e. The number of benzene rings is 10. The molecule has 0 saturated heterocycles. The SMILES string of the molecule is Clc1cccc(-c2nc(-c3ccccc3)nc(-c3cccc(-c4ccc5c(c4)[nH]c4c(-c6cccc(-c7ccc8c9ccccc9c9ccccc9c8c7)c6)cccc45)c3)n2)c1. The number of nitrogens with one attached hydrogen (secondary N) is 1. The van der Waals surface area contributed by atoms with Crippen molar-refractivity contribution in [2.45, 2.75) is 0 Å². The van der Waals surface area contributed by atoms with Crippen molar-refractivity contribution < 1.29 is 0 Å². The van der Waals surface area contributed by atoms with E-state index in [4.69, 9.17) is 26.6 Å². The molecular weight excluding hydrogens is 776 g/mol. The molecule has 5 heteroatoms. The van der Waals surface area contributed by atoms with Crippen molar-refractivity contribution in [1.29, 1.82) is 0 Å². The van der Waals surface area contributed by atoms with Gasteiger partial charge >= 0.3 is 0 Å². The molecule has 0 unspecified atom stereocenters. The molecule has 2 aromatic heterocycles. The Balaban J connectivity index is 0.920. The highest BCUT2D eigenvalue weighted by Crippen LogP contribution is 2.40. The lowest BCUT2D eigenvalue weighted by Crippen LogP contribution is -2.00. The lowest BCUT2D eigenvalue weighted by atomic mass is 9.91. The Morgan fingerprint density at radius 3 is 1.42 bits per heavy atom. The number of hydrogen-bond donors (Lipinski definition) is 1. The first-order chi connectivity index (χ1) is 30.6. The zero-order valence-electron chi connectivity index (χ0n) is 33.3. The summed E-state index contributed by atoms with van der Waals surface area (Å²) >= 11 is 6.40. The normalized spacial score (nSPS) is 11.6. The molecule has 0 radical (unpaired) electrons. The van der Waals surface area contributed by atoms with Crippen LogP contribution in [0.4, 0.5) is 0 Å². The largest absolute Gasteiger partial charge is 0.354 e. The maximum absolute atomic E-state index is 6.40. The predicted molar refractivity (Wildman–Crippen MR) is 259 cm³/mol. The van der Waals surface area contributed by atoms with E-state index in [1.807, 2.05) is 54.6 Å². The quantitative estimate of drug-likeness (QED) is 0.170. The second-order valence-corrected chi connectivity index (χ2v) is 16.2. The highest BCUT2D eigenvalue weighted by Gasteiger charge is 2.16. The number of rotatable bonds is 6. The summed E-state index contributed by atoms with van der Waals surface area (Å²) in [5.41, 5.74) is 11.7. The molecule has 0 spiro atoms. The minimum atomic E-state index is 0.571. The molecule has 12 aromatic rings. The van der Waals surface area contributed by atoms with E-state index in [9.17, 15) is 0 Å². The fourth-order valence-corrected chi connectivity index (χ4v) is 9.31. The van der Waals surface area contributed by atoms with Crippen LogP contribution < -0.4 is 0 Å². The third-order valence-electron chi connectivity index (χ3n) is 12.1. The topological polar surface area (TPSA) is 54.5 Å². The van der Waals surface area contributed by atoms with Gasteiger partial charge in [0.1, 0.15) is 0 Å². The molecule has 0 saturated carbocycles. The summed E-state index contributed by atoms with van der Waals surface area (Å²) in [6.45, 7) is 0. The number of halogens is 1. The van der Waals surface area contributed by atoms with E-state index in [-0.39, 0.29) is 0 Å². The van der Waals surface area contributed by atoms with Crippen LogP contribution in [0.25, 0.3) is 122 Å². The second-order valence-electron chi connectivity index (χ2n) is 15.8. The average Bonchev–Trinajstić information content (AvgIpc) is 3.72. The van der Waals surface area contributed by atoms with Gasteiger partial charge in [0, 0.05) is 43.6 Å². The number of nitrogens with zero attached hydrogens (tertiary/aromatic N) is 3. The molecule has 0 bridgehead atoms. The van der Waals surface area contributed by atoms with Crippen LogP contribution in [-0.4, -0.2) is 19.9 Å². The lowest BCUT2D eigenvalue weighted by molar-refractivity contribution is 1.07. The molecule has 12 rings (SSSR count). The molecule has 10 aromatic carbocycles. The summed E-state index contributed by atoms with van der Waals surface area (Å²) < 4.78 is 0. The number of aromatic amines is 1. The Kier molecular flexibility index (Phi) is 8.51. The van der Waals surface area contributed by atoms with Gasteiger partial charge in [-0.3, -0.25) is 0 Å². The van der Waals surface area contributed by atoms with Gasteiger partial charge in [0.2, 0.25) is 0 Å². The molecule has 0 atom stereocenters. The molecule has 0 aliphatic rings. The van der Waals surface area contributed by atoms with Crippen LogP contribution in [0.2, 0.25) is 5.02 Å². The van der Waals surface area contributed by atoms with Crippen LogP contribution >= 0.6 is 11.6 Å². The number of H-pyrrole nitrogens is 1. The molecule has 4 nitrogen and oxygen atoms in total. The fourth-order valence-electron chi connectivity index (χ4n) is 9.12. The number of hydrogen-bond acceptors (Lipinski definition) is 3. The highest BCUT2D eigenvalue weighted by molar-refractivity contribution is 6.30. The summed E-state index contributed by atoms with van der Waals surface area (Å²) in [5, 5.41) is 10.7. The van der Waals surface area contributed by atoms with Crippen molar-refractivity contribution in [3.8, 4) is 67.5 Å². The monoisotopic (exact) mass is 810 g/mol. The van der Waals surface area contributed by atoms with Crippen LogP contribution in [0.15, 0.2) is 206 Å². The molecule has 0 amide bonds. The van der Waals surface area contributed by atoms with Gasteiger partial charge in [-0.25, -0.2) is 15.0 Å². The van der Waals surface area contributed by atoms with Gasteiger partial charge in [0.05, 0.1) is 5.52 Å². The Labute approximate surface area is 362 Å². The molecule has 1 N–H and O–H groups in total. The first kappa shape index (κ1) is 36.0. The van der Waals surface area contributed by atoms with E-state index in [0.29, 0.717) is 22.5 Å². The Bertz CT molecular complexity index is 3690. The smallest absolute Gasteiger partial charge is 0.164 e. The van der Waals surface area contributed by atoms with Crippen molar-refractivity contribution in [3.05, 3.63) is 211 Å². The summed E-state index contributed by atoms with van der Waals surface area (Å²) in [6, 6.07) is 72.7. The third-order valence-corrected chi connectivity index (χ3v) is 12.3. The van der Waals surface area contributed by atoms with Crippen molar-refractivity contribution >= 4 is 65.7 Å². The highest BCUT2D eigenvalue weighted by atomic mass is 35.5. The van der Waals surface area contributed by atoms with E-state index in [1.54, 1.807) is 0 Å². The van der Waals surface area contributed by atoms with E-state index in [0.717, 1.165) is 38.9 Å². The van der Waals surface area contributed by atoms with E-state index in [1.165, 1.54) is 65.3 Å². The van der Waals surface area contributed by atoms with Gasteiger partial charge in [-0.1, -0.05) is 181 Å². The molecule has 2 heterocycles. The van der Waals surface area contributed by atoms with Crippen LogP contribution in [0.1, 0.15) is 0 Å². The van der Waals surface area contributed by atoms with Gasteiger partial charge in [-0.05, 0) is 96.5 Å². The maximum Gasteiger partial charge on any atom is 0.164 e. The number of aromatic nitrogens is 4. The van der Waals surface area contributed by atoms with Crippen LogP contribution in [0.5, 0.6) is 0 Å². The van der Waals surface area contributed by atoms with Gasteiger partial charge in [0.25, 0.3) is 0 Å². The third kappa shape index (κ3) is 6.20. The Morgan fingerprint density at radius 1 is 0.290 bits per heavy atom. The zero-order chi connectivity index (χ0) is 41.1. The van der Waals surface area contributed by atoms with Crippen molar-refractivity contribution in [3.63, 3.8) is 0 Å². The molecule has 0 aliphatic carbocycles. The van der Waals surface area contributed by atoms with Crippen LogP contribution in [0, 0.1) is 0 Å². The maximum atomic E-state index is 6.40. The predicted octanol–water partition coefficient (Wildman–Crippen LogP) is 15.6. The van der Waals surface area contributed by atoms with Gasteiger partial charge in [-0.15, -0.1) is 0 Å². The molecule has 290 valence electrons. The van der Waals surface area contributed by atoms with E-state index >= 15 is 0 Å². The number of fused-ring (bicyclic) bond motifs is 9. The number of para-hydroxylation sites is 1. The summed E-state index contributed by atoms with van der Waals surface area (Å²) in [7, 11) is 0. The van der Waals surface area contributed by atoms with E-state index in [2.05, 4.69) is 157 Å². The molecule has 0 aliphatic heterocycles. The van der Waals surface area contributed by atoms with Crippen molar-refractivity contribution in [2.24, 2.45) is 0 Å². The molecule has 0 fully saturated rings. The van der Waals surface area contributed by atoms with Crippen LogP contribution in [0.3, 0.4) is 0 Å². The van der Waals surface area contributed by atoms with Crippen molar-refractivity contribution in [1.82, 2.24) is 19.9 Å². The van der Waals surface area contributed by atoms with Crippen LogP contribution in [-0.2, 0) is 0 Å². The summed E-state index contributed by atoms with van der Waals surface area (Å²) in [6.07, 6.45) is 0. The van der Waals surface area contributed by atoms with Gasteiger partial charge in [0.15, 0.2) is 17.5 Å². The standard InChI is InChI=1S/C57H35ClN4/c58-43-19-10-18-42(32-43)57-61-55(35-12-2-1-3-13-35)60-56(62-57)41-17-9-15-37(31-41)39-27-29-50-51-25-11-24-44(54(51)59-53(50)34-39)40-16-8-14-36(30-40)38-26-28-49-47-22-5-4-20-45(47)46-21-6-7-23-48(46)52(49)33-38/h1-34,59H. The molecular formula is C57H35ClN4. The van der Waals surface area contributed by atoms with Gasteiger partial charge in [-0.2, -0.15) is 0 Å². The van der Waals surface area contributed by atoms with Crippen molar-refractivity contribution in [2.75, 3.05) is 0 Å². The summed E-state index contributed by atoms with van der Waals surface area (Å²) in [5.74, 6) is 1.78. The minimum absolute atomic E-state index is 0.571. The average molecular weight is 811 g/mol. The zero-order valence-corrected chi connectivity index (χ0v) is 34.1. The van der Waals surface area contributed by atoms with E-state index < -0.39 is 0 Å². The van der Waals surface area contributed by atoms with Gasteiger partial charge < -0.3 is 4.98 Å². The fraction of sp³-hybridized carbons (Fsp3) is 0. The Hall–Kier alpha value is -7.92. The second kappa shape index (κ2) is 14.7.